The van der Waals surface area contributed by atoms with Crippen molar-refractivity contribution < 1.29 is 9.53 Å². The molecule has 0 saturated carbocycles. The standard InChI is InChI=1S/C6H8Cl2O2/c1-5(9)10-3-2-6(8)4-7/h2H,3-4H2,1H3. The van der Waals surface area contributed by atoms with Gasteiger partial charge >= 0.3 is 5.97 Å². The molecule has 0 spiro atoms. The van der Waals surface area contributed by atoms with Gasteiger partial charge in [-0.25, -0.2) is 0 Å². The fourth-order valence-corrected chi connectivity index (χ4v) is 0.476. The minimum Gasteiger partial charge on any atom is -0.462 e. The molecule has 0 unspecified atom stereocenters. The zero-order valence-corrected chi connectivity index (χ0v) is 7.08. The summed E-state index contributed by atoms with van der Waals surface area (Å²) < 4.78 is 4.56. The average molecular weight is 183 g/mol. The summed E-state index contributed by atoms with van der Waals surface area (Å²) in [6.07, 6.45) is 1.55. The Kier molecular flexibility index (Phi) is 5.45. The molecule has 0 fully saturated rings. The molecule has 0 rings (SSSR count). The minimum atomic E-state index is -0.324. The number of halogens is 2. The molecule has 0 atom stereocenters. The Bertz CT molecular complexity index is 143. The fourth-order valence-electron chi connectivity index (χ4n) is 0.304. The summed E-state index contributed by atoms with van der Waals surface area (Å²) in [7, 11) is 0. The van der Waals surface area contributed by atoms with E-state index in [2.05, 4.69) is 4.74 Å². The second kappa shape index (κ2) is 5.57. The van der Waals surface area contributed by atoms with E-state index in [1.165, 1.54) is 6.92 Å². The van der Waals surface area contributed by atoms with Crippen molar-refractivity contribution in [1.82, 2.24) is 0 Å². The van der Waals surface area contributed by atoms with E-state index in [1.54, 1.807) is 6.08 Å². The zero-order valence-electron chi connectivity index (χ0n) is 5.56. The molecule has 0 saturated heterocycles. The number of ether oxygens (including phenoxy) is 1. The Labute approximate surface area is 69.8 Å². The van der Waals surface area contributed by atoms with Crippen molar-refractivity contribution in [3.05, 3.63) is 11.1 Å². The van der Waals surface area contributed by atoms with E-state index < -0.39 is 0 Å². The summed E-state index contributed by atoms with van der Waals surface area (Å²) >= 11 is 10.8. The fraction of sp³-hybridized carbons (Fsp3) is 0.500. The lowest BCUT2D eigenvalue weighted by atomic mass is 10.5. The number of allylic oxidation sites excluding steroid dienone is 1. The first kappa shape index (κ1) is 9.79. The molecule has 0 bridgehead atoms. The molecule has 0 N–H and O–H groups in total. The summed E-state index contributed by atoms with van der Waals surface area (Å²) in [5.41, 5.74) is 0. The van der Waals surface area contributed by atoms with Crippen LogP contribution in [0.15, 0.2) is 11.1 Å². The predicted octanol–water partition coefficient (Wildman–Crippen LogP) is 1.91. The molecule has 10 heavy (non-hydrogen) atoms. The van der Waals surface area contributed by atoms with Gasteiger partial charge in [-0.2, -0.15) is 0 Å². The van der Waals surface area contributed by atoms with E-state index in [0.29, 0.717) is 5.03 Å². The summed E-state index contributed by atoms with van der Waals surface area (Å²) in [6.45, 7) is 1.53. The first-order valence-corrected chi connectivity index (χ1v) is 3.62. The van der Waals surface area contributed by atoms with Crippen LogP contribution in [0.25, 0.3) is 0 Å². The highest BCUT2D eigenvalue weighted by Gasteiger charge is 1.90. The maximum Gasteiger partial charge on any atom is 0.302 e. The Hall–Kier alpha value is -0.210. The number of hydrogen-bond acceptors (Lipinski definition) is 2. The van der Waals surface area contributed by atoms with Gasteiger partial charge in [-0.05, 0) is 6.08 Å². The smallest absolute Gasteiger partial charge is 0.302 e. The first-order valence-electron chi connectivity index (χ1n) is 2.70. The van der Waals surface area contributed by atoms with Crippen LogP contribution in [0.4, 0.5) is 0 Å². The lowest BCUT2D eigenvalue weighted by molar-refractivity contribution is -0.139. The number of carbonyl (C=O) groups excluding carboxylic acids is 1. The third-order valence-electron chi connectivity index (χ3n) is 0.719. The number of carbonyl (C=O) groups is 1. The maximum absolute atomic E-state index is 10.2. The van der Waals surface area contributed by atoms with Crippen molar-refractivity contribution in [2.45, 2.75) is 6.92 Å². The lowest BCUT2D eigenvalue weighted by Crippen LogP contribution is -1.98. The van der Waals surface area contributed by atoms with E-state index in [1.807, 2.05) is 0 Å². The van der Waals surface area contributed by atoms with Crippen LogP contribution in [0, 0.1) is 0 Å². The van der Waals surface area contributed by atoms with Crippen molar-refractivity contribution in [3.8, 4) is 0 Å². The molecule has 0 aromatic carbocycles. The highest BCUT2D eigenvalue weighted by Crippen LogP contribution is 2.02. The molecule has 2 nitrogen and oxygen atoms in total. The second-order valence-electron chi connectivity index (χ2n) is 1.59. The molecule has 0 amide bonds. The summed E-state index contributed by atoms with van der Waals surface area (Å²) in [5.74, 6) is -0.0710. The normalized spacial score (nSPS) is 11.3. The van der Waals surface area contributed by atoms with Crippen molar-refractivity contribution in [2.24, 2.45) is 0 Å². The van der Waals surface area contributed by atoms with Crippen LogP contribution in [0.3, 0.4) is 0 Å². The molecule has 58 valence electrons. The quantitative estimate of drug-likeness (QED) is 0.493. The number of rotatable bonds is 3. The summed E-state index contributed by atoms with van der Waals surface area (Å²) in [5, 5.41) is 0.489. The van der Waals surface area contributed by atoms with Crippen molar-refractivity contribution in [1.29, 1.82) is 0 Å². The molecule has 0 aromatic rings. The van der Waals surface area contributed by atoms with Gasteiger partial charge in [0.15, 0.2) is 0 Å². The Morgan fingerprint density at radius 1 is 1.70 bits per heavy atom. The molecular weight excluding hydrogens is 175 g/mol. The molecule has 0 aliphatic rings. The van der Waals surface area contributed by atoms with Gasteiger partial charge in [-0.15, -0.1) is 11.6 Å². The van der Waals surface area contributed by atoms with Crippen LogP contribution >= 0.6 is 23.2 Å². The van der Waals surface area contributed by atoms with Crippen LogP contribution in [-0.4, -0.2) is 18.5 Å². The molecule has 0 aromatic heterocycles. The molecule has 0 aliphatic heterocycles. The zero-order chi connectivity index (χ0) is 7.98. The average Bonchev–Trinajstić information content (AvgIpc) is 1.87. The Balaban J connectivity index is 3.43. The van der Waals surface area contributed by atoms with Crippen LogP contribution < -0.4 is 0 Å². The van der Waals surface area contributed by atoms with Gasteiger partial charge in [0, 0.05) is 12.0 Å². The number of esters is 1. The minimum absolute atomic E-state index is 0.195. The largest absolute Gasteiger partial charge is 0.462 e. The van der Waals surface area contributed by atoms with Gasteiger partial charge in [0.1, 0.15) is 6.61 Å². The second-order valence-corrected chi connectivity index (χ2v) is 2.34. The highest BCUT2D eigenvalue weighted by atomic mass is 35.5. The molecule has 0 heterocycles. The molecular formula is C6H8Cl2O2. The van der Waals surface area contributed by atoms with E-state index >= 15 is 0 Å². The van der Waals surface area contributed by atoms with Gasteiger partial charge in [-0.3, -0.25) is 4.79 Å². The third-order valence-corrected chi connectivity index (χ3v) is 1.43. The number of alkyl halides is 1. The van der Waals surface area contributed by atoms with Gasteiger partial charge in [0.25, 0.3) is 0 Å². The summed E-state index contributed by atoms with van der Waals surface area (Å²) in [6, 6.07) is 0. The van der Waals surface area contributed by atoms with Crippen LogP contribution in [-0.2, 0) is 9.53 Å². The van der Waals surface area contributed by atoms with Gasteiger partial charge in [0.2, 0.25) is 0 Å². The third kappa shape index (κ3) is 5.92. The van der Waals surface area contributed by atoms with Crippen LogP contribution in [0.1, 0.15) is 6.92 Å². The molecule has 4 heteroatoms. The molecule has 0 radical (unpaired) electrons. The van der Waals surface area contributed by atoms with Gasteiger partial charge < -0.3 is 4.74 Å². The van der Waals surface area contributed by atoms with E-state index in [0.717, 1.165) is 0 Å². The monoisotopic (exact) mass is 182 g/mol. The predicted molar refractivity (Wildman–Crippen MR) is 41.3 cm³/mol. The number of hydrogen-bond donors (Lipinski definition) is 0. The van der Waals surface area contributed by atoms with Gasteiger partial charge in [0.05, 0.1) is 5.88 Å². The topological polar surface area (TPSA) is 26.3 Å². The van der Waals surface area contributed by atoms with Crippen molar-refractivity contribution >= 4 is 29.2 Å². The van der Waals surface area contributed by atoms with E-state index in [4.69, 9.17) is 23.2 Å². The van der Waals surface area contributed by atoms with E-state index in [-0.39, 0.29) is 18.5 Å². The Morgan fingerprint density at radius 3 is 2.70 bits per heavy atom. The Morgan fingerprint density at radius 2 is 2.30 bits per heavy atom. The maximum atomic E-state index is 10.2. The van der Waals surface area contributed by atoms with Crippen molar-refractivity contribution in [2.75, 3.05) is 12.5 Å². The SMILES string of the molecule is CC(=O)OCC=C(Cl)CCl. The van der Waals surface area contributed by atoms with Crippen molar-refractivity contribution in [3.63, 3.8) is 0 Å². The van der Waals surface area contributed by atoms with E-state index in [9.17, 15) is 4.79 Å². The highest BCUT2D eigenvalue weighted by molar-refractivity contribution is 6.35. The first-order chi connectivity index (χ1) is 4.66. The van der Waals surface area contributed by atoms with Crippen LogP contribution in [0.2, 0.25) is 0 Å². The lowest BCUT2D eigenvalue weighted by Gasteiger charge is -1.95. The van der Waals surface area contributed by atoms with Crippen LogP contribution in [0.5, 0.6) is 0 Å². The molecule has 0 aliphatic carbocycles. The summed E-state index contributed by atoms with van der Waals surface area (Å²) in [4.78, 5) is 10.2. The van der Waals surface area contributed by atoms with Gasteiger partial charge in [-0.1, -0.05) is 11.6 Å².